The highest BCUT2D eigenvalue weighted by Gasteiger charge is 2.17. The van der Waals surface area contributed by atoms with Crippen LogP contribution in [0.4, 0.5) is 0 Å². The first-order chi connectivity index (χ1) is 6.77. The number of aromatic nitrogens is 2. The SMILES string of the molecule is Cc1nc(Cl)ncc1C1CCNCC1. The largest absolute Gasteiger partial charge is 0.317 e. The first-order valence-corrected chi connectivity index (χ1v) is 5.35. The third-order valence-electron chi connectivity index (χ3n) is 2.77. The molecule has 0 saturated carbocycles. The van der Waals surface area contributed by atoms with Gasteiger partial charge in [0.25, 0.3) is 0 Å². The van der Waals surface area contributed by atoms with Gasteiger partial charge in [0.1, 0.15) is 0 Å². The van der Waals surface area contributed by atoms with Crippen molar-refractivity contribution in [2.45, 2.75) is 25.7 Å². The van der Waals surface area contributed by atoms with E-state index in [2.05, 4.69) is 15.3 Å². The van der Waals surface area contributed by atoms with Crippen LogP contribution in [0.1, 0.15) is 30.0 Å². The second kappa shape index (κ2) is 4.24. The topological polar surface area (TPSA) is 37.8 Å². The molecule has 0 amide bonds. The van der Waals surface area contributed by atoms with Crippen molar-refractivity contribution in [3.8, 4) is 0 Å². The van der Waals surface area contributed by atoms with Crippen molar-refractivity contribution >= 4 is 11.6 Å². The fourth-order valence-electron chi connectivity index (χ4n) is 1.98. The lowest BCUT2D eigenvalue weighted by Gasteiger charge is -2.23. The average Bonchev–Trinajstić information content (AvgIpc) is 2.19. The number of nitrogens with one attached hydrogen (secondary N) is 1. The van der Waals surface area contributed by atoms with Gasteiger partial charge in [-0.3, -0.25) is 0 Å². The molecule has 1 aliphatic heterocycles. The van der Waals surface area contributed by atoms with Crippen molar-refractivity contribution < 1.29 is 0 Å². The lowest BCUT2D eigenvalue weighted by atomic mass is 9.90. The van der Waals surface area contributed by atoms with Crippen LogP contribution in [0.15, 0.2) is 6.20 Å². The predicted octanol–water partition coefficient (Wildman–Crippen LogP) is 1.91. The molecular weight excluding hydrogens is 198 g/mol. The van der Waals surface area contributed by atoms with Crippen LogP contribution < -0.4 is 5.32 Å². The lowest BCUT2D eigenvalue weighted by Crippen LogP contribution is -2.27. The summed E-state index contributed by atoms with van der Waals surface area (Å²) in [4.78, 5) is 8.23. The van der Waals surface area contributed by atoms with Crippen LogP contribution in [0.2, 0.25) is 5.28 Å². The molecule has 0 unspecified atom stereocenters. The first kappa shape index (κ1) is 9.87. The summed E-state index contributed by atoms with van der Waals surface area (Å²) in [5.74, 6) is 0.605. The molecule has 0 atom stereocenters. The van der Waals surface area contributed by atoms with Crippen LogP contribution in [0, 0.1) is 6.92 Å². The molecule has 3 nitrogen and oxygen atoms in total. The van der Waals surface area contributed by atoms with Crippen molar-refractivity contribution in [3.05, 3.63) is 22.7 Å². The Morgan fingerprint density at radius 3 is 2.79 bits per heavy atom. The molecular formula is C10H14ClN3. The fourth-order valence-corrected chi connectivity index (χ4v) is 2.16. The van der Waals surface area contributed by atoms with E-state index in [0.717, 1.165) is 18.8 Å². The monoisotopic (exact) mass is 211 g/mol. The summed E-state index contributed by atoms with van der Waals surface area (Å²) in [5, 5.41) is 3.70. The molecule has 76 valence electrons. The van der Waals surface area contributed by atoms with E-state index in [0.29, 0.717) is 11.2 Å². The Bertz CT molecular complexity index is 321. The molecule has 1 aromatic heterocycles. The molecule has 2 heterocycles. The smallest absolute Gasteiger partial charge is 0.222 e. The quantitative estimate of drug-likeness (QED) is 0.722. The minimum Gasteiger partial charge on any atom is -0.317 e. The highest BCUT2D eigenvalue weighted by atomic mass is 35.5. The average molecular weight is 212 g/mol. The maximum atomic E-state index is 5.72. The van der Waals surface area contributed by atoms with E-state index in [1.807, 2.05) is 13.1 Å². The van der Waals surface area contributed by atoms with Gasteiger partial charge in [-0.05, 0) is 55.9 Å². The van der Waals surface area contributed by atoms with E-state index in [-0.39, 0.29) is 0 Å². The second-order valence-electron chi connectivity index (χ2n) is 3.70. The summed E-state index contributed by atoms with van der Waals surface area (Å²) in [6.45, 7) is 4.18. The maximum Gasteiger partial charge on any atom is 0.222 e. The summed E-state index contributed by atoms with van der Waals surface area (Å²) in [7, 11) is 0. The summed E-state index contributed by atoms with van der Waals surface area (Å²) in [5.41, 5.74) is 2.29. The molecule has 1 N–H and O–H groups in total. The zero-order valence-corrected chi connectivity index (χ0v) is 9.01. The number of halogens is 1. The summed E-state index contributed by atoms with van der Waals surface area (Å²) in [6, 6.07) is 0. The number of nitrogens with zero attached hydrogens (tertiary/aromatic N) is 2. The highest BCUT2D eigenvalue weighted by molar-refractivity contribution is 6.28. The number of aryl methyl sites for hydroxylation is 1. The van der Waals surface area contributed by atoms with E-state index in [4.69, 9.17) is 11.6 Å². The molecule has 0 radical (unpaired) electrons. The standard InChI is InChI=1S/C10H14ClN3/c1-7-9(6-13-10(11)14-7)8-2-4-12-5-3-8/h6,8,12H,2-5H2,1H3. The van der Waals surface area contributed by atoms with Gasteiger partial charge in [0.2, 0.25) is 5.28 Å². The third kappa shape index (κ3) is 2.04. The van der Waals surface area contributed by atoms with Crippen LogP contribution in [0.5, 0.6) is 0 Å². The van der Waals surface area contributed by atoms with Gasteiger partial charge >= 0.3 is 0 Å². The Labute approximate surface area is 88.9 Å². The molecule has 1 aliphatic rings. The molecule has 1 aromatic rings. The van der Waals surface area contributed by atoms with E-state index < -0.39 is 0 Å². The molecule has 0 aliphatic carbocycles. The molecule has 0 bridgehead atoms. The predicted molar refractivity (Wildman–Crippen MR) is 56.6 cm³/mol. The molecule has 2 rings (SSSR count). The van der Waals surface area contributed by atoms with Crippen LogP contribution in [0.3, 0.4) is 0 Å². The van der Waals surface area contributed by atoms with Gasteiger partial charge in [-0.25, -0.2) is 9.97 Å². The minimum atomic E-state index is 0.347. The Morgan fingerprint density at radius 1 is 1.43 bits per heavy atom. The normalized spacial score (nSPS) is 18.4. The molecule has 1 saturated heterocycles. The zero-order chi connectivity index (χ0) is 9.97. The van der Waals surface area contributed by atoms with Gasteiger partial charge in [-0.1, -0.05) is 0 Å². The van der Waals surface area contributed by atoms with E-state index in [1.54, 1.807) is 0 Å². The van der Waals surface area contributed by atoms with Gasteiger partial charge < -0.3 is 5.32 Å². The van der Waals surface area contributed by atoms with Crippen LogP contribution in [-0.4, -0.2) is 23.1 Å². The van der Waals surface area contributed by atoms with E-state index in [9.17, 15) is 0 Å². The third-order valence-corrected chi connectivity index (χ3v) is 2.95. The fraction of sp³-hybridized carbons (Fsp3) is 0.600. The molecule has 0 spiro atoms. The van der Waals surface area contributed by atoms with Gasteiger partial charge in [-0.15, -0.1) is 0 Å². The number of hydrogen-bond acceptors (Lipinski definition) is 3. The van der Waals surface area contributed by atoms with Crippen molar-refractivity contribution in [1.29, 1.82) is 0 Å². The number of hydrogen-bond donors (Lipinski definition) is 1. The summed E-state index contributed by atoms with van der Waals surface area (Å²) < 4.78 is 0. The minimum absolute atomic E-state index is 0.347. The van der Waals surface area contributed by atoms with Crippen LogP contribution in [0.25, 0.3) is 0 Å². The van der Waals surface area contributed by atoms with Gasteiger partial charge in [0.15, 0.2) is 0 Å². The van der Waals surface area contributed by atoms with Gasteiger partial charge in [0, 0.05) is 11.9 Å². The van der Waals surface area contributed by atoms with Gasteiger partial charge in [0.05, 0.1) is 0 Å². The van der Waals surface area contributed by atoms with Gasteiger partial charge in [-0.2, -0.15) is 0 Å². The highest BCUT2D eigenvalue weighted by Crippen LogP contribution is 2.26. The number of rotatable bonds is 1. The van der Waals surface area contributed by atoms with Crippen molar-refractivity contribution in [2.24, 2.45) is 0 Å². The van der Waals surface area contributed by atoms with E-state index in [1.165, 1.54) is 18.4 Å². The molecule has 4 heteroatoms. The molecule has 14 heavy (non-hydrogen) atoms. The maximum absolute atomic E-state index is 5.72. The first-order valence-electron chi connectivity index (χ1n) is 4.97. The lowest BCUT2D eigenvalue weighted by molar-refractivity contribution is 0.457. The van der Waals surface area contributed by atoms with Crippen LogP contribution in [-0.2, 0) is 0 Å². The Hall–Kier alpha value is -0.670. The van der Waals surface area contributed by atoms with Crippen molar-refractivity contribution in [2.75, 3.05) is 13.1 Å². The zero-order valence-electron chi connectivity index (χ0n) is 8.26. The Kier molecular flexibility index (Phi) is 2.99. The molecule has 0 aromatic carbocycles. The Morgan fingerprint density at radius 2 is 2.14 bits per heavy atom. The number of piperidine rings is 1. The van der Waals surface area contributed by atoms with E-state index >= 15 is 0 Å². The molecule has 1 fully saturated rings. The Balaban J connectivity index is 2.22. The second-order valence-corrected chi connectivity index (χ2v) is 4.04. The van der Waals surface area contributed by atoms with Crippen LogP contribution >= 0.6 is 11.6 Å². The summed E-state index contributed by atoms with van der Waals surface area (Å²) >= 11 is 5.72. The summed E-state index contributed by atoms with van der Waals surface area (Å²) in [6.07, 6.45) is 4.22. The van der Waals surface area contributed by atoms with Crippen molar-refractivity contribution in [3.63, 3.8) is 0 Å². The van der Waals surface area contributed by atoms with Crippen molar-refractivity contribution in [1.82, 2.24) is 15.3 Å².